The quantitative estimate of drug-likeness (QED) is 0.348. The number of guanidine groups is 1. The zero-order valence-corrected chi connectivity index (χ0v) is 6.60. The van der Waals surface area contributed by atoms with Gasteiger partial charge in [0.15, 0.2) is 5.96 Å². The molecule has 4 nitrogen and oxygen atoms in total. The molecule has 0 aromatic carbocycles. The molecule has 0 radical (unpaired) electrons. The molecule has 0 amide bonds. The van der Waals surface area contributed by atoms with E-state index in [-0.39, 0.29) is 0 Å². The molecule has 58 valence electrons. The van der Waals surface area contributed by atoms with E-state index in [1.54, 1.807) is 7.05 Å². The Hall–Kier alpha value is -1.19. The monoisotopic (exact) mass is 142 g/mol. The average molecular weight is 142 g/mol. The Morgan fingerprint density at radius 3 is 2.10 bits per heavy atom. The summed E-state index contributed by atoms with van der Waals surface area (Å²) in [6, 6.07) is 0. The summed E-state index contributed by atoms with van der Waals surface area (Å²) < 4.78 is 0. The lowest BCUT2D eigenvalue weighted by Gasteiger charge is -2.05. The lowest BCUT2D eigenvalue weighted by Crippen LogP contribution is -2.34. The maximum Gasteiger partial charge on any atom is 0.193 e. The van der Waals surface area contributed by atoms with Crippen molar-refractivity contribution in [3.8, 4) is 0 Å². The van der Waals surface area contributed by atoms with Gasteiger partial charge >= 0.3 is 0 Å². The number of rotatable bonds is 1. The van der Waals surface area contributed by atoms with Crippen molar-refractivity contribution in [1.29, 1.82) is 0 Å². The first kappa shape index (κ1) is 8.81. The van der Waals surface area contributed by atoms with E-state index in [9.17, 15) is 0 Å². The Morgan fingerprint density at radius 2 is 1.80 bits per heavy atom. The molecule has 0 saturated carbocycles. The van der Waals surface area contributed by atoms with Crippen molar-refractivity contribution < 1.29 is 0 Å². The van der Waals surface area contributed by atoms with Crippen molar-refractivity contribution >= 4 is 5.96 Å². The van der Waals surface area contributed by atoms with Gasteiger partial charge in [-0.1, -0.05) is 0 Å². The van der Waals surface area contributed by atoms with Crippen molar-refractivity contribution in [3.63, 3.8) is 0 Å². The molecule has 0 atom stereocenters. The van der Waals surface area contributed by atoms with Crippen molar-refractivity contribution in [2.45, 2.75) is 13.8 Å². The number of nitrogens with zero attached hydrogens (tertiary/aromatic N) is 1. The van der Waals surface area contributed by atoms with E-state index in [2.05, 4.69) is 10.3 Å². The largest absolute Gasteiger partial charge is 0.385 e. The van der Waals surface area contributed by atoms with Crippen LogP contribution in [0.25, 0.3) is 0 Å². The summed E-state index contributed by atoms with van der Waals surface area (Å²) in [7, 11) is 1.60. The van der Waals surface area contributed by atoms with E-state index in [1.807, 2.05) is 13.8 Å². The summed E-state index contributed by atoms with van der Waals surface area (Å²) in [6.07, 6.45) is 0. The predicted molar refractivity (Wildman–Crippen MR) is 43.2 cm³/mol. The van der Waals surface area contributed by atoms with Crippen LogP contribution in [0.15, 0.2) is 16.4 Å². The molecule has 5 N–H and O–H groups in total. The molecule has 0 saturated heterocycles. The fourth-order valence-corrected chi connectivity index (χ4v) is 0.319. The molecule has 0 heterocycles. The van der Waals surface area contributed by atoms with Gasteiger partial charge in [0.2, 0.25) is 0 Å². The summed E-state index contributed by atoms with van der Waals surface area (Å²) in [5.74, 6) is 0.891. The minimum atomic E-state index is 0.332. The third-order valence-corrected chi connectivity index (χ3v) is 1.04. The van der Waals surface area contributed by atoms with Crippen LogP contribution in [0.3, 0.4) is 0 Å². The molecule has 0 bridgehead atoms. The fraction of sp³-hybridized carbons (Fsp3) is 0.500. The molecule has 0 spiro atoms. The van der Waals surface area contributed by atoms with Crippen molar-refractivity contribution in [1.82, 2.24) is 5.32 Å². The Labute approximate surface area is 61.0 Å². The minimum absolute atomic E-state index is 0.332. The highest BCUT2D eigenvalue weighted by Gasteiger charge is 1.92. The lowest BCUT2D eigenvalue weighted by molar-refractivity contribution is 1.01. The standard InChI is InChI=1S/C6H14N4/c1-4(2)5(7)10-6(8)9-3/h7H2,1-3H3,(H3,8,9,10). The average Bonchev–Trinajstić information content (AvgIpc) is 1.87. The number of nitrogens with one attached hydrogen (secondary N) is 1. The van der Waals surface area contributed by atoms with Crippen molar-refractivity contribution in [3.05, 3.63) is 11.4 Å². The van der Waals surface area contributed by atoms with E-state index < -0.39 is 0 Å². The van der Waals surface area contributed by atoms with Gasteiger partial charge < -0.3 is 16.8 Å². The zero-order chi connectivity index (χ0) is 8.15. The number of hydrogen-bond acceptors (Lipinski definition) is 2. The van der Waals surface area contributed by atoms with Gasteiger partial charge in [-0.15, -0.1) is 0 Å². The molecule has 0 rings (SSSR count). The fourth-order valence-electron chi connectivity index (χ4n) is 0.319. The Morgan fingerprint density at radius 1 is 1.30 bits per heavy atom. The predicted octanol–water partition coefficient (Wildman–Crippen LogP) is -0.269. The van der Waals surface area contributed by atoms with Crippen LogP contribution in [0.2, 0.25) is 0 Å². The van der Waals surface area contributed by atoms with Crippen molar-refractivity contribution in [2.24, 2.45) is 16.5 Å². The molecule has 10 heavy (non-hydrogen) atoms. The van der Waals surface area contributed by atoms with Gasteiger partial charge in [0, 0.05) is 7.05 Å². The van der Waals surface area contributed by atoms with Gasteiger partial charge in [-0.2, -0.15) is 0 Å². The van der Waals surface area contributed by atoms with Gasteiger partial charge in [0.1, 0.15) is 5.82 Å². The van der Waals surface area contributed by atoms with Crippen LogP contribution in [-0.2, 0) is 0 Å². The molecule has 0 aromatic heterocycles. The second kappa shape index (κ2) is 3.76. The van der Waals surface area contributed by atoms with Crippen LogP contribution in [0.5, 0.6) is 0 Å². The van der Waals surface area contributed by atoms with Gasteiger partial charge in [0.05, 0.1) is 0 Å². The second-order valence-electron chi connectivity index (χ2n) is 2.15. The molecular weight excluding hydrogens is 128 g/mol. The number of nitrogens with two attached hydrogens (primary N) is 2. The highest BCUT2D eigenvalue weighted by atomic mass is 15.1. The van der Waals surface area contributed by atoms with Crippen LogP contribution in [0.1, 0.15) is 13.8 Å². The minimum Gasteiger partial charge on any atom is -0.385 e. The van der Waals surface area contributed by atoms with Crippen LogP contribution in [0, 0.1) is 0 Å². The van der Waals surface area contributed by atoms with E-state index in [4.69, 9.17) is 11.5 Å². The zero-order valence-electron chi connectivity index (χ0n) is 6.60. The van der Waals surface area contributed by atoms with Gasteiger partial charge in [-0.05, 0) is 19.4 Å². The Bertz CT molecular complexity index is 165. The molecule has 0 aromatic rings. The summed E-state index contributed by atoms with van der Waals surface area (Å²) in [5.41, 5.74) is 11.8. The molecule has 0 aliphatic rings. The first-order valence-corrected chi connectivity index (χ1v) is 3.00. The third kappa shape index (κ3) is 2.96. The van der Waals surface area contributed by atoms with Crippen LogP contribution >= 0.6 is 0 Å². The molecular formula is C6H14N4. The highest BCUT2D eigenvalue weighted by Crippen LogP contribution is 1.89. The van der Waals surface area contributed by atoms with Crippen LogP contribution < -0.4 is 16.8 Å². The first-order chi connectivity index (χ1) is 4.57. The summed E-state index contributed by atoms with van der Waals surface area (Å²) >= 11 is 0. The third-order valence-electron chi connectivity index (χ3n) is 1.04. The van der Waals surface area contributed by atoms with Crippen molar-refractivity contribution in [2.75, 3.05) is 7.05 Å². The smallest absolute Gasteiger partial charge is 0.193 e. The number of hydrogen-bond donors (Lipinski definition) is 3. The molecule has 0 unspecified atom stereocenters. The number of aliphatic imine (C=N–C) groups is 1. The van der Waals surface area contributed by atoms with Gasteiger partial charge in [-0.25, -0.2) is 0 Å². The van der Waals surface area contributed by atoms with Crippen LogP contribution in [-0.4, -0.2) is 13.0 Å². The van der Waals surface area contributed by atoms with E-state index in [1.165, 1.54) is 0 Å². The molecule has 0 aliphatic carbocycles. The normalized spacial score (nSPS) is 10.9. The number of allylic oxidation sites excluding steroid dienone is 1. The first-order valence-electron chi connectivity index (χ1n) is 3.00. The summed E-state index contributed by atoms with van der Waals surface area (Å²) in [6.45, 7) is 3.79. The van der Waals surface area contributed by atoms with E-state index in [0.717, 1.165) is 5.57 Å². The highest BCUT2D eigenvalue weighted by molar-refractivity contribution is 5.79. The summed E-state index contributed by atoms with van der Waals surface area (Å²) in [4.78, 5) is 3.68. The SMILES string of the molecule is CN=C(N)NC(N)=C(C)C. The second-order valence-corrected chi connectivity index (χ2v) is 2.15. The van der Waals surface area contributed by atoms with E-state index in [0.29, 0.717) is 11.8 Å². The Kier molecular flexibility index (Phi) is 3.32. The summed E-state index contributed by atoms with van der Waals surface area (Å²) in [5, 5.41) is 2.71. The lowest BCUT2D eigenvalue weighted by atomic mass is 10.3. The maximum absolute atomic E-state index is 5.50. The molecule has 0 fully saturated rings. The van der Waals surface area contributed by atoms with Crippen LogP contribution in [0.4, 0.5) is 0 Å². The maximum atomic E-state index is 5.50. The Balaban J connectivity index is 4.05. The van der Waals surface area contributed by atoms with Gasteiger partial charge in [-0.3, -0.25) is 4.99 Å². The molecule has 0 aliphatic heterocycles. The molecule has 4 heteroatoms. The van der Waals surface area contributed by atoms with Gasteiger partial charge in [0.25, 0.3) is 0 Å². The van der Waals surface area contributed by atoms with E-state index >= 15 is 0 Å². The topological polar surface area (TPSA) is 76.4 Å².